The van der Waals surface area contributed by atoms with Gasteiger partial charge in [-0.3, -0.25) is 0 Å². The summed E-state index contributed by atoms with van der Waals surface area (Å²) < 4.78 is 0. The van der Waals surface area contributed by atoms with Crippen molar-refractivity contribution in [2.24, 2.45) is 0 Å². The number of rotatable bonds is 3. The molecule has 0 atom stereocenters. The van der Waals surface area contributed by atoms with Gasteiger partial charge in [-0.25, -0.2) is 0 Å². The van der Waals surface area contributed by atoms with Crippen molar-refractivity contribution < 1.29 is 0 Å². The molecule has 1 N–H and O–H groups in total. The molecule has 2 aromatic rings. The fourth-order valence-electron chi connectivity index (χ4n) is 1.44. The fourth-order valence-corrected chi connectivity index (χ4v) is 2.19. The minimum absolute atomic E-state index is 0.709. The molecule has 0 saturated carbocycles. The first-order valence-corrected chi connectivity index (χ1v) is 5.93. The van der Waals surface area contributed by atoms with Crippen LogP contribution < -0.4 is 5.32 Å². The van der Waals surface area contributed by atoms with E-state index < -0.39 is 0 Å². The van der Waals surface area contributed by atoms with Gasteiger partial charge in [0.25, 0.3) is 0 Å². The Morgan fingerprint density at radius 1 is 1.29 bits per heavy atom. The van der Waals surface area contributed by atoms with Crippen molar-refractivity contribution in [2.75, 3.05) is 5.32 Å². The largest absolute Gasteiger partial charge is 0.380 e. The molecule has 82 valence electrons. The summed E-state index contributed by atoms with van der Waals surface area (Å²) in [5, 5.41) is 12.0. The molecule has 3 heteroatoms. The van der Waals surface area contributed by atoms with Crippen molar-refractivity contribution in [3.63, 3.8) is 0 Å². The highest BCUT2D eigenvalue weighted by molar-refractivity contribution is 7.12. The van der Waals surface area contributed by atoms with Gasteiger partial charge in [0.1, 0.15) is 10.9 Å². The highest BCUT2D eigenvalue weighted by atomic mass is 32.1. The summed E-state index contributed by atoms with van der Waals surface area (Å²) in [6.07, 6.45) is 5.34. The summed E-state index contributed by atoms with van der Waals surface area (Å²) in [5.74, 6) is 2.60. The van der Waals surface area contributed by atoms with Crippen molar-refractivity contribution in [1.82, 2.24) is 0 Å². The third kappa shape index (κ3) is 2.87. The standard InChI is InChI=1S/C14H10N2S/c1-2-11-4-3-5-12(8-11)16-10-14-7-6-13(9-15)17-14/h1,3-8,16H,10H2. The molecule has 1 heterocycles. The van der Waals surface area contributed by atoms with Gasteiger partial charge in [-0.15, -0.1) is 17.8 Å². The first-order valence-electron chi connectivity index (χ1n) is 5.11. The molecular formula is C14H10N2S. The van der Waals surface area contributed by atoms with Crippen molar-refractivity contribution in [3.05, 3.63) is 51.7 Å². The van der Waals surface area contributed by atoms with Crippen LogP contribution in [-0.4, -0.2) is 0 Å². The molecular weight excluding hydrogens is 228 g/mol. The number of benzene rings is 1. The van der Waals surface area contributed by atoms with E-state index >= 15 is 0 Å². The molecule has 0 radical (unpaired) electrons. The molecule has 2 nitrogen and oxygen atoms in total. The number of terminal acetylenes is 1. The third-order valence-corrected chi connectivity index (χ3v) is 3.26. The van der Waals surface area contributed by atoms with E-state index in [2.05, 4.69) is 17.3 Å². The summed E-state index contributed by atoms with van der Waals surface area (Å²) in [6, 6.07) is 13.6. The topological polar surface area (TPSA) is 35.8 Å². The maximum absolute atomic E-state index is 8.72. The quantitative estimate of drug-likeness (QED) is 0.833. The normalized spacial score (nSPS) is 9.29. The summed E-state index contributed by atoms with van der Waals surface area (Å²) in [6.45, 7) is 0.709. The van der Waals surface area contributed by atoms with Crippen LogP contribution in [0, 0.1) is 23.7 Å². The lowest BCUT2D eigenvalue weighted by Gasteiger charge is -2.04. The van der Waals surface area contributed by atoms with Gasteiger partial charge in [-0.05, 0) is 30.3 Å². The second-order valence-electron chi connectivity index (χ2n) is 3.46. The summed E-state index contributed by atoms with van der Waals surface area (Å²) in [5.41, 5.74) is 1.85. The van der Waals surface area contributed by atoms with E-state index in [0.717, 1.165) is 21.0 Å². The zero-order valence-corrected chi connectivity index (χ0v) is 9.92. The number of nitrogens with zero attached hydrogens (tertiary/aromatic N) is 1. The van der Waals surface area contributed by atoms with Gasteiger partial charge in [0.05, 0.1) is 0 Å². The molecule has 0 amide bonds. The number of nitrogens with one attached hydrogen (secondary N) is 1. The van der Waals surface area contributed by atoms with Crippen LogP contribution in [0.2, 0.25) is 0 Å². The lowest BCUT2D eigenvalue weighted by atomic mass is 10.2. The number of hydrogen-bond acceptors (Lipinski definition) is 3. The van der Waals surface area contributed by atoms with Gasteiger partial charge in [0.2, 0.25) is 0 Å². The van der Waals surface area contributed by atoms with E-state index in [0.29, 0.717) is 6.54 Å². The van der Waals surface area contributed by atoms with Crippen LogP contribution in [0.1, 0.15) is 15.3 Å². The molecule has 0 aliphatic rings. The maximum Gasteiger partial charge on any atom is 0.110 e. The molecule has 0 aliphatic heterocycles. The zero-order valence-electron chi connectivity index (χ0n) is 9.10. The minimum atomic E-state index is 0.709. The Kier molecular flexibility index (Phi) is 3.45. The highest BCUT2D eigenvalue weighted by Gasteiger charge is 1.99. The number of anilines is 1. The van der Waals surface area contributed by atoms with E-state index in [9.17, 15) is 0 Å². The smallest absolute Gasteiger partial charge is 0.110 e. The molecule has 1 aromatic carbocycles. The van der Waals surface area contributed by atoms with Crippen LogP contribution in [0.25, 0.3) is 0 Å². The van der Waals surface area contributed by atoms with E-state index in [1.165, 1.54) is 11.3 Å². The SMILES string of the molecule is C#Cc1cccc(NCc2ccc(C#N)s2)c1. The molecule has 17 heavy (non-hydrogen) atoms. The van der Waals surface area contributed by atoms with Crippen LogP contribution >= 0.6 is 11.3 Å². The van der Waals surface area contributed by atoms with E-state index in [1.807, 2.05) is 36.4 Å². The Morgan fingerprint density at radius 3 is 2.88 bits per heavy atom. The van der Waals surface area contributed by atoms with E-state index in [1.54, 1.807) is 0 Å². The minimum Gasteiger partial charge on any atom is -0.380 e. The first-order chi connectivity index (χ1) is 8.31. The van der Waals surface area contributed by atoms with Crippen LogP contribution in [0.3, 0.4) is 0 Å². The van der Waals surface area contributed by atoms with Gasteiger partial charge >= 0.3 is 0 Å². The summed E-state index contributed by atoms with van der Waals surface area (Å²) in [4.78, 5) is 1.87. The van der Waals surface area contributed by atoms with Gasteiger partial charge in [-0.1, -0.05) is 12.0 Å². The van der Waals surface area contributed by atoms with E-state index in [4.69, 9.17) is 11.7 Å². The van der Waals surface area contributed by atoms with Crippen LogP contribution in [0.15, 0.2) is 36.4 Å². The van der Waals surface area contributed by atoms with Crippen molar-refractivity contribution in [3.8, 4) is 18.4 Å². The first kappa shape index (κ1) is 11.3. The van der Waals surface area contributed by atoms with Crippen LogP contribution in [0.5, 0.6) is 0 Å². The lowest BCUT2D eigenvalue weighted by Crippen LogP contribution is -1.97. The Labute approximate surface area is 105 Å². The van der Waals surface area contributed by atoms with Crippen LogP contribution in [-0.2, 0) is 6.54 Å². The second kappa shape index (κ2) is 5.21. The summed E-state index contributed by atoms with van der Waals surface area (Å²) >= 11 is 1.50. The Hall–Kier alpha value is -2.23. The van der Waals surface area contributed by atoms with Crippen molar-refractivity contribution in [2.45, 2.75) is 6.54 Å². The predicted octanol–water partition coefficient (Wildman–Crippen LogP) is 3.21. The number of thiophene rings is 1. The average molecular weight is 238 g/mol. The molecule has 0 saturated heterocycles. The Bertz CT molecular complexity index is 599. The molecule has 0 spiro atoms. The molecule has 0 bridgehead atoms. The van der Waals surface area contributed by atoms with Gasteiger partial charge in [0, 0.05) is 22.7 Å². The van der Waals surface area contributed by atoms with Gasteiger partial charge in [0.15, 0.2) is 0 Å². The van der Waals surface area contributed by atoms with Crippen molar-refractivity contribution in [1.29, 1.82) is 5.26 Å². The zero-order chi connectivity index (χ0) is 12.1. The molecule has 2 rings (SSSR count). The lowest BCUT2D eigenvalue weighted by molar-refractivity contribution is 1.19. The fraction of sp³-hybridized carbons (Fsp3) is 0.0714. The molecule has 0 fully saturated rings. The van der Waals surface area contributed by atoms with Crippen LogP contribution in [0.4, 0.5) is 5.69 Å². The second-order valence-corrected chi connectivity index (χ2v) is 4.62. The summed E-state index contributed by atoms with van der Waals surface area (Å²) in [7, 11) is 0. The Balaban J connectivity index is 2.03. The molecule has 1 aromatic heterocycles. The maximum atomic E-state index is 8.72. The monoisotopic (exact) mass is 238 g/mol. The average Bonchev–Trinajstić information content (AvgIpc) is 2.84. The van der Waals surface area contributed by atoms with Gasteiger partial charge in [-0.2, -0.15) is 5.26 Å². The molecule has 0 aliphatic carbocycles. The van der Waals surface area contributed by atoms with Crippen molar-refractivity contribution >= 4 is 17.0 Å². The predicted molar refractivity (Wildman–Crippen MR) is 70.7 cm³/mol. The molecule has 0 unspecified atom stereocenters. The highest BCUT2D eigenvalue weighted by Crippen LogP contribution is 2.17. The number of hydrogen-bond donors (Lipinski definition) is 1. The van der Waals surface area contributed by atoms with E-state index in [-0.39, 0.29) is 0 Å². The Morgan fingerprint density at radius 2 is 2.18 bits per heavy atom. The third-order valence-electron chi connectivity index (χ3n) is 2.27. The number of nitriles is 1. The van der Waals surface area contributed by atoms with Gasteiger partial charge < -0.3 is 5.32 Å².